The van der Waals surface area contributed by atoms with Crippen molar-refractivity contribution in [2.24, 2.45) is 5.92 Å². The van der Waals surface area contributed by atoms with E-state index in [0.717, 1.165) is 25.1 Å². The van der Waals surface area contributed by atoms with Crippen LogP contribution in [0.2, 0.25) is 0 Å². The molecule has 1 amide bonds. The molecule has 2 N–H and O–H groups in total. The van der Waals surface area contributed by atoms with E-state index in [0.29, 0.717) is 18.8 Å². The number of carbonyl (C=O) groups excluding carboxylic acids is 1. The van der Waals surface area contributed by atoms with Gasteiger partial charge in [0, 0.05) is 12.7 Å². The van der Waals surface area contributed by atoms with E-state index in [1.807, 2.05) is 0 Å². The van der Waals surface area contributed by atoms with E-state index >= 15 is 0 Å². The fourth-order valence-electron chi connectivity index (χ4n) is 2.36. The number of rotatable bonds is 3. The Balaban J connectivity index is 1.90. The third-order valence-corrected chi connectivity index (χ3v) is 3.75. The Morgan fingerprint density at radius 2 is 2.21 bits per heavy atom. The largest absolute Gasteiger partial charge is 0.388 e. The third-order valence-electron chi connectivity index (χ3n) is 3.75. The highest BCUT2D eigenvalue weighted by Crippen LogP contribution is 2.31. The predicted molar refractivity (Wildman–Crippen MR) is 69.1 cm³/mol. The summed E-state index contributed by atoms with van der Waals surface area (Å²) in [4.78, 5) is 15.4. The first kappa shape index (κ1) is 13.9. The Hall–Kier alpha value is -1.49. The van der Waals surface area contributed by atoms with Gasteiger partial charge in [-0.1, -0.05) is 6.92 Å². The average Bonchev–Trinajstić information content (AvgIpc) is 2.40. The number of pyridine rings is 1. The lowest BCUT2D eigenvalue weighted by atomic mass is 9.79. The standard InChI is InChI=1S/C14H19FN2O2/c1-10-2-4-14(19,5-3-10)9-17-13(18)11-6-12(15)8-16-7-11/h6-8,10,19H,2-5,9H2,1H3,(H,17,18). The van der Waals surface area contributed by atoms with Crippen LogP contribution in [0.5, 0.6) is 0 Å². The van der Waals surface area contributed by atoms with Gasteiger partial charge in [0.2, 0.25) is 0 Å². The zero-order chi connectivity index (χ0) is 13.9. The van der Waals surface area contributed by atoms with Crippen LogP contribution in [0.4, 0.5) is 4.39 Å². The lowest BCUT2D eigenvalue weighted by Crippen LogP contribution is -2.45. The monoisotopic (exact) mass is 266 g/mol. The van der Waals surface area contributed by atoms with E-state index in [1.54, 1.807) is 0 Å². The number of hydrogen-bond acceptors (Lipinski definition) is 3. The third kappa shape index (κ3) is 3.73. The number of aliphatic hydroxyl groups is 1. The minimum atomic E-state index is -0.830. The molecule has 1 saturated carbocycles. The second-order valence-electron chi connectivity index (χ2n) is 5.48. The summed E-state index contributed by atoms with van der Waals surface area (Å²) in [6, 6.07) is 1.13. The van der Waals surface area contributed by atoms with E-state index in [2.05, 4.69) is 17.2 Å². The molecule has 1 aromatic rings. The second-order valence-corrected chi connectivity index (χ2v) is 5.48. The lowest BCUT2D eigenvalue weighted by molar-refractivity contribution is -0.00540. The molecule has 104 valence electrons. The first-order valence-corrected chi connectivity index (χ1v) is 6.60. The number of halogens is 1. The van der Waals surface area contributed by atoms with Gasteiger partial charge in [0.15, 0.2) is 0 Å². The van der Waals surface area contributed by atoms with Crippen LogP contribution in [0.15, 0.2) is 18.5 Å². The summed E-state index contributed by atoms with van der Waals surface area (Å²) in [5.41, 5.74) is -0.657. The van der Waals surface area contributed by atoms with Crippen LogP contribution in [0.1, 0.15) is 43.0 Å². The smallest absolute Gasteiger partial charge is 0.253 e. The summed E-state index contributed by atoms with van der Waals surface area (Å²) in [6.45, 7) is 2.37. The van der Waals surface area contributed by atoms with E-state index < -0.39 is 17.3 Å². The van der Waals surface area contributed by atoms with Crippen LogP contribution in [0.3, 0.4) is 0 Å². The quantitative estimate of drug-likeness (QED) is 0.878. The summed E-state index contributed by atoms with van der Waals surface area (Å²) < 4.78 is 12.9. The van der Waals surface area contributed by atoms with E-state index in [4.69, 9.17) is 0 Å². The van der Waals surface area contributed by atoms with Gasteiger partial charge in [-0.05, 0) is 37.7 Å². The number of nitrogens with one attached hydrogen (secondary N) is 1. The molecule has 0 aliphatic heterocycles. The molecule has 1 fully saturated rings. The number of carbonyl (C=O) groups is 1. The molecule has 1 aliphatic rings. The number of aromatic nitrogens is 1. The first-order chi connectivity index (χ1) is 8.98. The normalized spacial score (nSPS) is 27.0. The van der Waals surface area contributed by atoms with Gasteiger partial charge in [0.05, 0.1) is 17.4 Å². The summed E-state index contributed by atoms with van der Waals surface area (Å²) in [7, 11) is 0. The van der Waals surface area contributed by atoms with Gasteiger partial charge in [-0.15, -0.1) is 0 Å². The van der Waals surface area contributed by atoms with Crippen molar-refractivity contribution >= 4 is 5.91 Å². The minimum absolute atomic E-state index is 0.174. The molecule has 5 heteroatoms. The van der Waals surface area contributed by atoms with Crippen molar-refractivity contribution in [3.05, 3.63) is 29.8 Å². The Labute approximate surface area is 112 Å². The van der Waals surface area contributed by atoms with Gasteiger partial charge in [0.25, 0.3) is 5.91 Å². The van der Waals surface area contributed by atoms with Gasteiger partial charge in [0.1, 0.15) is 5.82 Å². The van der Waals surface area contributed by atoms with Crippen molar-refractivity contribution in [1.82, 2.24) is 10.3 Å². The Bertz CT molecular complexity index is 457. The summed E-state index contributed by atoms with van der Waals surface area (Å²) in [5, 5.41) is 13.0. The molecule has 1 heterocycles. The summed E-state index contributed by atoms with van der Waals surface area (Å²) >= 11 is 0. The maximum Gasteiger partial charge on any atom is 0.253 e. The second kappa shape index (κ2) is 5.65. The molecule has 0 atom stereocenters. The van der Waals surface area contributed by atoms with Crippen LogP contribution in [0.25, 0.3) is 0 Å². The Morgan fingerprint density at radius 1 is 1.53 bits per heavy atom. The van der Waals surface area contributed by atoms with E-state index in [1.165, 1.54) is 6.20 Å². The number of nitrogens with zero attached hydrogens (tertiary/aromatic N) is 1. The summed E-state index contributed by atoms with van der Waals surface area (Å²) in [6.07, 6.45) is 5.67. The van der Waals surface area contributed by atoms with Crippen molar-refractivity contribution in [2.45, 2.75) is 38.2 Å². The van der Waals surface area contributed by atoms with Crippen LogP contribution in [0, 0.1) is 11.7 Å². The van der Waals surface area contributed by atoms with Crippen LogP contribution in [-0.2, 0) is 0 Å². The van der Waals surface area contributed by atoms with Crippen molar-refractivity contribution in [3.8, 4) is 0 Å². The molecule has 0 saturated heterocycles. The van der Waals surface area contributed by atoms with Crippen LogP contribution < -0.4 is 5.32 Å². The highest BCUT2D eigenvalue weighted by molar-refractivity contribution is 5.93. The topological polar surface area (TPSA) is 62.2 Å². The average molecular weight is 266 g/mol. The molecule has 4 nitrogen and oxygen atoms in total. The fourth-order valence-corrected chi connectivity index (χ4v) is 2.36. The van der Waals surface area contributed by atoms with E-state index in [-0.39, 0.29) is 12.1 Å². The van der Waals surface area contributed by atoms with Crippen molar-refractivity contribution < 1.29 is 14.3 Å². The molecular weight excluding hydrogens is 247 g/mol. The molecule has 0 unspecified atom stereocenters. The molecule has 2 rings (SSSR count). The molecule has 19 heavy (non-hydrogen) atoms. The maximum absolute atomic E-state index is 12.9. The minimum Gasteiger partial charge on any atom is -0.388 e. The van der Waals surface area contributed by atoms with Gasteiger partial charge in [-0.25, -0.2) is 4.39 Å². The zero-order valence-corrected chi connectivity index (χ0v) is 11.0. The van der Waals surface area contributed by atoms with Crippen molar-refractivity contribution in [1.29, 1.82) is 0 Å². The SMILES string of the molecule is CC1CCC(O)(CNC(=O)c2cncc(F)c2)CC1. The highest BCUT2D eigenvalue weighted by atomic mass is 19.1. The van der Waals surface area contributed by atoms with E-state index in [9.17, 15) is 14.3 Å². The predicted octanol–water partition coefficient (Wildman–Crippen LogP) is 1.89. The summed E-state index contributed by atoms with van der Waals surface area (Å²) in [5.74, 6) is -0.319. The molecular formula is C14H19FN2O2. The molecule has 1 aromatic heterocycles. The molecule has 0 aromatic carbocycles. The van der Waals surface area contributed by atoms with Crippen molar-refractivity contribution in [3.63, 3.8) is 0 Å². The zero-order valence-electron chi connectivity index (χ0n) is 11.0. The van der Waals surface area contributed by atoms with Gasteiger partial charge in [-0.3, -0.25) is 9.78 Å². The van der Waals surface area contributed by atoms with Crippen LogP contribution >= 0.6 is 0 Å². The molecule has 1 aliphatic carbocycles. The van der Waals surface area contributed by atoms with Gasteiger partial charge < -0.3 is 10.4 Å². The van der Waals surface area contributed by atoms with Gasteiger partial charge >= 0.3 is 0 Å². The number of hydrogen-bond donors (Lipinski definition) is 2. The fraction of sp³-hybridized carbons (Fsp3) is 0.571. The van der Waals surface area contributed by atoms with Crippen molar-refractivity contribution in [2.75, 3.05) is 6.54 Å². The molecule has 0 spiro atoms. The highest BCUT2D eigenvalue weighted by Gasteiger charge is 2.32. The Morgan fingerprint density at radius 3 is 2.84 bits per heavy atom. The van der Waals surface area contributed by atoms with Crippen LogP contribution in [-0.4, -0.2) is 28.1 Å². The number of amides is 1. The molecule has 0 bridgehead atoms. The van der Waals surface area contributed by atoms with Gasteiger partial charge in [-0.2, -0.15) is 0 Å². The molecule has 0 radical (unpaired) electrons. The maximum atomic E-state index is 12.9. The first-order valence-electron chi connectivity index (χ1n) is 6.60. The Kier molecular flexibility index (Phi) is 4.14. The lowest BCUT2D eigenvalue weighted by Gasteiger charge is -2.34.